The quantitative estimate of drug-likeness (QED) is 0.174. The van der Waals surface area contributed by atoms with E-state index in [9.17, 15) is 0 Å². The van der Waals surface area contributed by atoms with Crippen LogP contribution in [0.15, 0.2) is 212 Å². The highest BCUT2D eigenvalue weighted by Crippen LogP contribution is 2.42. The van der Waals surface area contributed by atoms with Gasteiger partial charge in [-0.05, 0) is 98.6 Å². The number of hydrogen-bond acceptors (Lipinski definition) is 2. The molecule has 0 saturated carbocycles. The molecular formula is C50H36N2. The van der Waals surface area contributed by atoms with E-state index >= 15 is 0 Å². The normalized spacial score (nSPS) is 11.1. The molecule has 2 heteroatoms. The van der Waals surface area contributed by atoms with E-state index in [2.05, 4.69) is 223 Å². The Hall–Kier alpha value is -6.90. The Bertz CT molecular complexity index is 2610. The van der Waals surface area contributed by atoms with Gasteiger partial charge < -0.3 is 10.2 Å². The van der Waals surface area contributed by atoms with Gasteiger partial charge in [-0.2, -0.15) is 0 Å². The van der Waals surface area contributed by atoms with Gasteiger partial charge in [-0.25, -0.2) is 0 Å². The molecule has 52 heavy (non-hydrogen) atoms. The van der Waals surface area contributed by atoms with Crippen molar-refractivity contribution in [3.8, 4) is 33.4 Å². The minimum atomic E-state index is 1.04. The van der Waals surface area contributed by atoms with Crippen molar-refractivity contribution < 1.29 is 0 Å². The van der Waals surface area contributed by atoms with Gasteiger partial charge in [0.2, 0.25) is 0 Å². The zero-order chi connectivity index (χ0) is 34.7. The molecule has 0 saturated heterocycles. The fraction of sp³-hybridized carbons (Fsp3) is 0. The highest BCUT2D eigenvalue weighted by Gasteiger charge is 2.17. The lowest BCUT2D eigenvalue weighted by molar-refractivity contribution is 1.29. The van der Waals surface area contributed by atoms with Crippen molar-refractivity contribution in [3.63, 3.8) is 0 Å². The van der Waals surface area contributed by atoms with Crippen molar-refractivity contribution in [1.29, 1.82) is 0 Å². The molecule has 9 aromatic carbocycles. The van der Waals surface area contributed by atoms with Crippen LogP contribution in [-0.2, 0) is 0 Å². The van der Waals surface area contributed by atoms with Crippen molar-refractivity contribution in [2.24, 2.45) is 0 Å². The van der Waals surface area contributed by atoms with Crippen LogP contribution in [0.2, 0.25) is 0 Å². The Kier molecular flexibility index (Phi) is 8.24. The molecular weight excluding hydrogens is 629 g/mol. The second kappa shape index (κ2) is 13.8. The van der Waals surface area contributed by atoms with Crippen molar-refractivity contribution >= 4 is 50.0 Å². The van der Waals surface area contributed by atoms with Crippen LogP contribution in [0.3, 0.4) is 0 Å². The first-order valence-electron chi connectivity index (χ1n) is 17.8. The molecule has 246 valence electrons. The number of nitrogens with one attached hydrogen (secondary N) is 1. The Morgan fingerprint density at radius 1 is 0.308 bits per heavy atom. The Morgan fingerprint density at radius 3 is 1.54 bits per heavy atom. The Labute approximate surface area is 304 Å². The van der Waals surface area contributed by atoms with Crippen molar-refractivity contribution in [2.75, 3.05) is 10.2 Å². The Balaban J connectivity index is 1.14. The molecule has 0 aromatic heterocycles. The molecule has 0 amide bonds. The predicted octanol–water partition coefficient (Wildman–Crippen LogP) is 14.2. The zero-order valence-electron chi connectivity index (χ0n) is 28.7. The van der Waals surface area contributed by atoms with Gasteiger partial charge in [0.05, 0.1) is 5.69 Å². The van der Waals surface area contributed by atoms with E-state index < -0.39 is 0 Å². The topological polar surface area (TPSA) is 15.3 Å². The van der Waals surface area contributed by atoms with Gasteiger partial charge in [-0.15, -0.1) is 0 Å². The SMILES string of the molecule is c1ccc(-c2ccc(Nc3c(-c4ccccc4)ccc4ccc(N(c5ccccc5)c5ccc(-c6ccc7ccccc7c6)cc5)cc34)cc2)cc1. The monoisotopic (exact) mass is 664 g/mol. The molecule has 0 heterocycles. The van der Waals surface area contributed by atoms with Gasteiger partial charge in [-0.3, -0.25) is 0 Å². The van der Waals surface area contributed by atoms with E-state index in [-0.39, 0.29) is 0 Å². The lowest BCUT2D eigenvalue weighted by Gasteiger charge is -2.26. The van der Waals surface area contributed by atoms with Crippen molar-refractivity contribution in [3.05, 3.63) is 212 Å². The average Bonchev–Trinajstić information content (AvgIpc) is 3.22. The molecule has 1 N–H and O–H groups in total. The summed E-state index contributed by atoms with van der Waals surface area (Å²) < 4.78 is 0. The highest BCUT2D eigenvalue weighted by atomic mass is 15.1. The molecule has 2 nitrogen and oxygen atoms in total. The lowest BCUT2D eigenvalue weighted by atomic mass is 9.97. The van der Waals surface area contributed by atoms with Crippen molar-refractivity contribution in [2.45, 2.75) is 0 Å². The van der Waals surface area contributed by atoms with Crippen molar-refractivity contribution in [1.82, 2.24) is 0 Å². The third kappa shape index (κ3) is 6.19. The van der Waals surface area contributed by atoms with Gasteiger partial charge in [0.1, 0.15) is 0 Å². The maximum atomic E-state index is 3.86. The maximum Gasteiger partial charge on any atom is 0.0544 e. The molecule has 0 spiro atoms. The van der Waals surface area contributed by atoms with E-state index in [1.807, 2.05) is 0 Å². The second-order valence-corrected chi connectivity index (χ2v) is 13.1. The zero-order valence-corrected chi connectivity index (χ0v) is 28.7. The summed E-state index contributed by atoms with van der Waals surface area (Å²) in [6.07, 6.45) is 0. The molecule has 9 rings (SSSR count). The number of rotatable bonds is 8. The summed E-state index contributed by atoms with van der Waals surface area (Å²) in [5, 5.41) is 8.68. The molecule has 0 aliphatic rings. The van der Waals surface area contributed by atoms with Crippen LogP contribution in [0.5, 0.6) is 0 Å². The first-order valence-corrected chi connectivity index (χ1v) is 17.8. The van der Waals surface area contributed by atoms with Crippen LogP contribution in [-0.4, -0.2) is 0 Å². The van der Waals surface area contributed by atoms with Crippen LogP contribution < -0.4 is 10.2 Å². The van der Waals surface area contributed by atoms with Gasteiger partial charge in [-0.1, -0.05) is 158 Å². The first-order chi connectivity index (χ1) is 25.8. The van der Waals surface area contributed by atoms with Gasteiger partial charge in [0.25, 0.3) is 0 Å². The van der Waals surface area contributed by atoms with Crippen LogP contribution in [0.25, 0.3) is 54.9 Å². The molecule has 0 aliphatic carbocycles. The second-order valence-electron chi connectivity index (χ2n) is 13.1. The van der Waals surface area contributed by atoms with E-state index in [4.69, 9.17) is 0 Å². The first kappa shape index (κ1) is 31.1. The van der Waals surface area contributed by atoms with Gasteiger partial charge in [0.15, 0.2) is 0 Å². The molecule has 0 radical (unpaired) electrons. The fourth-order valence-corrected chi connectivity index (χ4v) is 7.16. The van der Waals surface area contributed by atoms with E-state index in [1.54, 1.807) is 0 Å². The lowest BCUT2D eigenvalue weighted by Crippen LogP contribution is -2.10. The standard InChI is InChI=1S/C50H36N2/c1-4-12-36(13-5-1)38-22-28-44(29-23-38)51-50-48(40-15-6-2-7-16-40)33-27-41-26-32-47(35-49(41)50)52(45-18-8-3-9-19-45)46-30-24-39(25-31-46)43-21-20-37-14-10-11-17-42(37)34-43/h1-35,51H. The summed E-state index contributed by atoms with van der Waals surface area (Å²) in [6.45, 7) is 0. The number of benzene rings is 9. The molecule has 9 aromatic rings. The molecule has 0 fully saturated rings. The minimum Gasteiger partial charge on any atom is -0.355 e. The maximum absolute atomic E-state index is 3.86. The summed E-state index contributed by atoms with van der Waals surface area (Å²) in [6, 6.07) is 75.9. The molecule has 0 aliphatic heterocycles. The van der Waals surface area contributed by atoms with Crippen LogP contribution in [0.4, 0.5) is 28.4 Å². The third-order valence-electron chi connectivity index (χ3n) is 9.83. The summed E-state index contributed by atoms with van der Waals surface area (Å²) in [5.74, 6) is 0. The largest absolute Gasteiger partial charge is 0.355 e. The van der Waals surface area contributed by atoms with Crippen LogP contribution in [0.1, 0.15) is 0 Å². The number of nitrogens with zero attached hydrogens (tertiary/aromatic N) is 1. The summed E-state index contributed by atoms with van der Waals surface area (Å²) in [7, 11) is 0. The summed E-state index contributed by atoms with van der Waals surface area (Å²) >= 11 is 0. The number of para-hydroxylation sites is 1. The average molecular weight is 665 g/mol. The smallest absolute Gasteiger partial charge is 0.0544 e. The van der Waals surface area contributed by atoms with E-state index in [0.29, 0.717) is 0 Å². The van der Waals surface area contributed by atoms with Crippen LogP contribution >= 0.6 is 0 Å². The molecule has 0 bridgehead atoms. The molecule has 0 atom stereocenters. The minimum absolute atomic E-state index is 1.04. The highest BCUT2D eigenvalue weighted by molar-refractivity contribution is 6.05. The van der Waals surface area contributed by atoms with Crippen LogP contribution in [0, 0.1) is 0 Å². The predicted molar refractivity (Wildman–Crippen MR) is 222 cm³/mol. The molecule has 0 unspecified atom stereocenters. The van der Waals surface area contributed by atoms with Gasteiger partial charge >= 0.3 is 0 Å². The van der Waals surface area contributed by atoms with E-state index in [0.717, 1.165) is 39.4 Å². The Morgan fingerprint density at radius 2 is 0.808 bits per heavy atom. The number of hydrogen-bond donors (Lipinski definition) is 1. The summed E-state index contributed by atoms with van der Waals surface area (Å²) in [4.78, 5) is 2.34. The summed E-state index contributed by atoms with van der Waals surface area (Å²) in [5.41, 5.74) is 12.5. The van der Waals surface area contributed by atoms with E-state index in [1.165, 1.54) is 44.0 Å². The fourth-order valence-electron chi connectivity index (χ4n) is 7.16. The van der Waals surface area contributed by atoms with Gasteiger partial charge in [0, 0.05) is 33.7 Å². The number of anilines is 5. The third-order valence-corrected chi connectivity index (χ3v) is 9.83. The number of fused-ring (bicyclic) bond motifs is 2.